The van der Waals surface area contributed by atoms with Crippen LogP contribution in [0.25, 0.3) is 0 Å². The Bertz CT molecular complexity index is 480. The number of hydrogen-bond acceptors (Lipinski definition) is 3. The van der Waals surface area contributed by atoms with Crippen molar-refractivity contribution in [2.45, 2.75) is 12.7 Å². The number of benzene rings is 1. The number of nitrogens with zero attached hydrogens (tertiary/aromatic N) is 1. The third kappa shape index (κ3) is 3.27. The highest BCUT2D eigenvalue weighted by Gasteiger charge is 2.35. The van der Waals surface area contributed by atoms with Gasteiger partial charge in [0.15, 0.2) is 0 Å². The average molecular weight is 292 g/mol. The molecule has 0 atom stereocenters. The normalized spacial score (nSPS) is 17.8. The third-order valence-corrected chi connectivity index (χ3v) is 4.40. The zero-order chi connectivity index (χ0) is 14.0. The molecule has 1 aromatic carbocycles. The van der Waals surface area contributed by atoms with Crippen molar-refractivity contribution < 1.29 is 17.4 Å². The molecule has 0 spiro atoms. The lowest BCUT2D eigenvalue weighted by molar-refractivity contribution is -0.137. The molecule has 0 aliphatic carbocycles. The van der Waals surface area contributed by atoms with Crippen molar-refractivity contribution in [1.82, 2.24) is 0 Å². The highest BCUT2D eigenvalue weighted by molar-refractivity contribution is 7.85. The Morgan fingerprint density at radius 3 is 2.42 bits per heavy atom. The first kappa shape index (κ1) is 14.3. The first-order valence-corrected chi connectivity index (χ1v) is 7.40. The van der Waals surface area contributed by atoms with Crippen molar-refractivity contribution in [2.24, 2.45) is 5.73 Å². The van der Waals surface area contributed by atoms with E-state index in [1.54, 1.807) is 11.0 Å². The van der Waals surface area contributed by atoms with Crippen LogP contribution in [0.2, 0.25) is 0 Å². The summed E-state index contributed by atoms with van der Waals surface area (Å²) in [7, 11) is -0.911. The molecule has 1 aromatic rings. The van der Waals surface area contributed by atoms with E-state index in [2.05, 4.69) is 0 Å². The van der Waals surface area contributed by atoms with Crippen LogP contribution in [0.5, 0.6) is 0 Å². The second-order valence-corrected chi connectivity index (χ2v) is 6.08. The maximum Gasteiger partial charge on any atom is 0.418 e. The molecule has 19 heavy (non-hydrogen) atoms. The summed E-state index contributed by atoms with van der Waals surface area (Å²) in [6.07, 6.45) is -4.41. The summed E-state index contributed by atoms with van der Waals surface area (Å²) in [4.78, 5) is 1.64. The monoisotopic (exact) mass is 292 g/mol. The molecule has 1 saturated heterocycles. The summed E-state index contributed by atoms with van der Waals surface area (Å²) in [5, 5.41) is 0. The summed E-state index contributed by atoms with van der Waals surface area (Å²) in [6.45, 7) is 0.850. The van der Waals surface area contributed by atoms with Crippen LogP contribution in [0, 0.1) is 0 Å². The molecule has 0 unspecified atom stereocenters. The minimum Gasteiger partial charge on any atom is -0.369 e. The molecule has 0 amide bonds. The summed E-state index contributed by atoms with van der Waals surface area (Å²) >= 11 is 0. The van der Waals surface area contributed by atoms with E-state index in [0.717, 1.165) is 6.07 Å². The number of halogens is 3. The quantitative estimate of drug-likeness (QED) is 0.903. The maximum atomic E-state index is 13.1. The van der Waals surface area contributed by atoms with Gasteiger partial charge in [0, 0.05) is 47.6 Å². The van der Waals surface area contributed by atoms with Gasteiger partial charge in [0.1, 0.15) is 0 Å². The fraction of sp³-hybridized carbons (Fsp3) is 0.500. The van der Waals surface area contributed by atoms with Crippen LogP contribution in [0.1, 0.15) is 11.1 Å². The largest absolute Gasteiger partial charge is 0.418 e. The number of rotatable bonds is 2. The lowest BCUT2D eigenvalue weighted by atomic mass is 10.1. The minimum atomic E-state index is -4.41. The van der Waals surface area contributed by atoms with E-state index >= 15 is 0 Å². The molecule has 0 saturated carbocycles. The van der Waals surface area contributed by atoms with Crippen LogP contribution in [-0.2, 0) is 23.5 Å². The second-order valence-electron chi connectivity index (χ2n) is 4.39. The molecular formula is C12H15F3N2OS. The number of anilines is 1. The van der Waals surface area contributed by atoms with Gasteiger partial charge in [0.05, 0.1) is 5.56 Å². The fourth-order valence-electron chi connectivity index (χ4n) is 2.09. The van der Waals surface area contributed by atoms with Crippen molar-refractivity contribution in [3.05, 3.63) is 29.3 Å². The Balaban J connectivity index is 2.36. The van der Waals surface area contributed by atoms with Crippen molar-refractivity contribution in [3.8, 4) is 0 Å². The van der Waals surface area contributed by atoms with Gasteiger partial charge in [-0.2, -0.15) is 13.2 Å². The van der Waals surface area contributed by atoms with Crippen LogP contribution in [0.15, 0.2) is 18.2 Å². The van der Waals surface area contributed by atoms with E-state index in [0.29, 0.717) is 30.2 Å². The molecule has 1 heterocycles. The van der Waals surface area contributed by atoms with Crippen LogP contribution in [0.3, 0.4) is 0 Å². The third-order valence-electron chi connectivity index (χ3n) is 3.12. The summed E-state index contributed by atoms with van der Waals surface area (Å²) in [5.41, 5.74) is 5.33. The average Bonchev–Trinajstić information content (AvgIpc) is 2.38. The van der Waals surface area contributed by atoms with Gasteiger partial charge < -0.3 is 10.6 Å². The lowest BCUT2D eigenvalue weighted by Crippen LogP contribution is -2.38. The number of alkyl halides is 3. The summed E-state index contributed by atoms with van der Waals surface area (Å²) in [5.74, 6) is 0.825. The molecule has 1 fully saturated rings. The van der Waals surface area contributed by atoms with Gasteiger partial charge in [-0.05, 0) is 17.7 Å². The van der Waals surface area contributed by atoms with Crippen LogP contribution in [-0.4, -0.2) is 28.8 Å². The van der Waals surface area contributed by atoms with Gasteiger partial charge in [-0.3, -0.25) is 4.21 Å². The predicted molar refractivity (Wildman–Crippen MR) is 69.4 cm³/mol. The van der Waals surface area contributed by atoms with E-state index < -0.39 is 22.5 Å². The topological polar surface area (TPSA) is 46.3 Å². The Hall–Kier alpha value is -1.08. The SMILES string of the molecule is NCc1ccc(N2CCS(=O)CC2)c(C(F)(F)F)c1. The molecule has 1 aliphatic rings. The van der Waals surface area contributed by atoms with E-state index in [1.165, 1.54) is 6.07 Å². The Morgan fingerprint density at radius 2 is 1.89 bits per heavy atom. The van der Waals surface area contributed by atoms with Crippen LogP contribution < -0.4 is 10.6 Å². The molecule has 7 heteroatoms. The molecule has 3 nitrogen and oxygen atoms in total. The van der Waals surface area contributed by atoms with Crippen molar-refractivity contribution in [3.63, 3.8) is 0 Å². The Kier molecular flexibility index (Phi) is 4.15. The van der Waals surface area contributed by atoms with Gasteiger partial charge in [-0.25, -0.2) is 0 Å². The van der Waals surface area contributed by atoms with Gasteiger partial charge in [0.25, 0.3) is 0 Å². The van der Waals surface area contributed by atoms with E-state index in [4.69, 9.17) is 5.73 Å². The highest BCUT2D eigenvalue weighted by Crippen LogP contribution is 2.37. The highest BCUT2D eigenvalue weighted by atomic mass is 32.2. The van der Waals surface area contributed by atoms with Gasteiger partial charge in [0.2, 0.25) is 0 Å². The number of nitrogens with two attached hydrogens (primary N) is 1. The van der Waals surface area contributed by atoms with Crippen molar-refractivity contribution >= 4 is 16.5 Å². The van der Waals surface area contributed by atoms with Gasteiger partial charge in [-0.1, -0.05) is 6.07 Å². The molecule has 0 radical (unpaired) electrons. The molecule has 2 rings (SSSR count). The van der Waals surface area contributed by atoms with E-state index in [-0.39, 0.29) is 12.2 Å². The standard InChI is InChI=1S/C12H15F3N2OS/c13-12(14,15)10-7-9(8-16)1-2-11(10)17-3-5-19(18)6-4-17/h1-2,7H,3-6,8,16H2. The first-order valence-electron chi connectivity index (χ1n) is 5.92. The fourth-order valence-corrected chi connectivity index (χ4v) is 3.14. The Morgan fingerprint density at radius 1 is 1.26 bits per heavy atom. The van der Waals surface area contributed by atoms with E-state index in [9.17, 15) is 17.4 Å². The molecule has 106 valence electrons. The summed E-state index contributed by atoms with van der Waals surface area (Å²) < 4.78 is 50.5. The van der Waals surface area contributed by atoms with Crippen molar-refractivity contribution in [2.75, 3.05) is 29.5 Å². The minimum absolute atomic E-state index is 0.0768. The number of hydrogen-bond donors (Lipinski definition) is 1. The van der Waals surface area contributed by atoms with Crippen LogP contribution in [0.4, 0.5) is 18.9 Å². The molecule has 0 aromatic heterocycles. The molecular weight excluding hydrogens is 277 g/mol. The second kappa shape index (κ2) is 5.50. The zero-order valence-corrected chi connectivity index (χ0v) is 11.1. The molecule has 2 N–H and O–H groups in total. The molecule has 0 bridgehead atoms. The lowest BCUT2D eigenvalue weighted by Gasteiger charge is -2.31. The van der Waals surface area contributed by atoms with Gasteiger partial charge in [-0.15, -0.1) is 0 Å². The van der Waals surface area contributed by atoms with Gasteiger partial charge >= 0.3 is 6.18 Å². The van der Waals surface area contributed by atoms with Crippen LogP contribution >= 0.6 is 0 Å². The van der Waals surface area contributed by atoms with E-state index in [1.807, 2.05) is 0 Å². The predicted octanol–water partition coefficient (Wildman–Crippen LogP) is 1.73. The summed E-state index contributed by atoms with van der Waals surface area (Å²) in [6, 6.07) is 4.16. The molecule has 1 aliphatic heterocycles. The smallest absolute Gasteiger partial charge is 0.369 e. The zero-order valence-electron chi connectivity index (χ0n) is 10.2. The maximum absolute atomic E-state index is 13.1. The first-order chi connectivity index (χ1) is 8.91. The van der Waals surface area contributed by atoms with Crippen molar-refractivity contribution in [1.29, 1.82) is 0 Å². The Labute approximate surface area is 112 Å².